The van der Waals surface area contributed by atoms with Crippen LogP contribution in [0.15, 0.2) is 53.6 Å². The van der Waals surface area contributed by atoms with Gasteiger partial charge in [-0.3, -0.25) is 13.9 Å². The molecule has 0 amide bonds. The van der Waals surface area contributed by atoms with Gasteiger partial charge in [0.25, 0.3) is 5.56 Å². The maximum Gasteiger partial charge on any atom is 0.265 e. The van der Waals surface area contributed by atoms with Crippen molar-refractivity contribution >= 4 is 33.2 Å². The first-order valence-corrected chi connectivity index (χ1v) is 10.9. The first kappa shape index (κ1) is 18.6. The molecular weight excluding hydrogens is 422 g/mol. The molecule has 2 aliphatic rings. The average Bonchev–Trinajstić information content (AvgIpc) is 3.58. The standard InChI is InChI=1S/C24H19N5O4/c30-24-20-21-23(27-17-6-2-1-5-16(17)26-21)29(14-7-8-18-19(10-14)33-13-32-18)22(20)25-12-28(24)11-15-4-3-9-31-15/h1-2,5-8,10,12,15H,3-4,9,11,13H2/t15-/m1/s1. The van der Waals surface area contributed by atoms with E-state index in [1.54, 1.807) is 10.9 Å². The molecule has 0 unspecified atom stereocenters. The molecule has 0 radical (unpaired) electrons. The second-order valence-corrected chi connectivity index (χ2v) is 8.29. The number of para-hydroxylation sites is 2. The van der Waals surface area contributed by atoms with Crippen LogP contribution in [0, 0.1) is 0 Å². The van der Waals surface area contributed by atoms with Gasteiger partial charge in [0.15, 0.2) is 22.8 Å². The monoisotopic (exact) mass is 441 g/mol. The van der Waals surface area contributed by atoms with E-state index in [0.717, 1.165) is 36.2 Å². The Hall–Kier alpha value is -3.98. The predicted octanol–water partition coefficient (Wildman–Crippen LogP) is 3.19. The van der Waals surface area contributed by atoms with Gasteiger partial charge in [-0.15, -0.1) is 0 Å². The van der Waals surface area contributed by atoms with Crippen LogP contribution in [0.25, 0.3) is 38.9 Å². The Kier molecular flexibility index (Phi) is 3.95. The predicted molar refractivity (Wildman–Crippen MR) is 121 cm³/mol. The van der Waals surface area contributed by atoms with Gasteiger partial charge in [0, 0.05) is 12.7 Å². The second kappa shape index (κ2) is 7.01. The fourth-order valence-corrected chi connectivity index (χ4v) is 4.68. The van der Waals surface area contributed by atoms with Gasteiger partial charge in [-0.05, 0) is 37.1 Å². The van der Waals surface area contributed by atoms with Crippen molar-refractivity contribution in [3.8, 4) is 17.2 Å². The molecule has 0 aliphatic carbocycles. The van der Waals surface area contributed by atoms with Crippen LogP contribution in [0.4, 0.5) is 0 Å². The van der Waals surface area contributed by atoms with Crippen LogP contribution < -0.4 is 15.0 Å². The molecule has 9 nitrogen and oxygen atoms in total. The normalized spacial score (nSPS) is 17.5. The van der Waals surface area contributed by atoms with E-state index in [9.17, 15) is 4.79 Å². The van der Waals surface area contributed by atoms with Crippen LogP contribution in [0.1, 0.15) is 12.8 Å². The first-order valence-electron chi connectivity index (χ1n) is 10.9. The van der Waals surface area contributed by atoms with Crippen molar-refractivity contribution in [1.29, 1.82) is 0 Å². The summed E-state index contributed by atoms with van der Waals surface area (Å²) in [6, 6.07) is 13.3. The smallest absolute Gasteiger partial charge is 0.265 e. The van der Waals surface area contributed by atoms with E-state index in [1.165, 1.54) is 0 Å². The fraction of sp³-hybridized carbons (Fsp3) is 0.250. The van der Waals surface area contributed by atoms with Gasteiger partial charge in [-0.25, -0.2) is 15.0 Å². The number of rotatable bonds is 3. The highest BCUT2D eigenvalue weighted by molar-refractivity contribution is 6.05. The van der Waals surface area contributed by atoms with E-state index in [4.69, 9.17) is 29.2 Å². The zero-order valence-electron chi connectivity index (χ0n) is 17.6. The van der Waals surface area contributed by atoms with E-state index >= 15 is 0 Å². The quantitative estimate of drug-likeness (QED) is 0.424. The molecule has 5 aromatic rings. The second-order valence-electron chi connectivity index (χ2n) is 8.29. The van der Waals surface area contributed by atoms with Crippen LogP contribution >= 0.6 is 0 Å². The molecule has 1 fully saturated rings. The first-order chi connectivity index (χ1) is 16.3. The van der Waals surface area contributed by atoms with Gasteiger partial charge in [0.05, 0.1) is 29.4 Å². The van der Waals surface area contributed by atoms with E-state index < -0.39 is 0 Å². The van der Waals surface area contributed by atoms with Crippen molar-refractivity contribution in [2.24, 2.45) is 0 Å². The maximum absolute atomic E-state index is 13.6. The maximum atomic E-state index is 13.6. The van der Waals surface area contributed by atoms with Gasteiger partial charge < -0.3 is 14.2 Å². The van der Waals surface area contributed by atoms with Crippen LogP contribution in [0.5, 0.6) is 11.5 Å². The van der Waals surface area contributed by atoms with Gasteiger partial charge >= 0.3 is 0 Å². The topological polar surface area (TPSA) is 93.3 Å². The van der Waals surface area contributed by atoms with Gasteiger partial charge in [0.2, 0.25) is 6.79 Å². The highest BCUT2D eigenvalue weighted by atomic mass is 16.7. The molecule has 9 heteroatoms. The highest BCUT2D eigenvalue weighted by Gasteiger charge is 2.24. The summed E-state index contributed by atoms with van der Waals surface area (Å²) in [7, 11) is 0. The summed E-state index contributed by atoms with van der Waals surface area (Å²) < 4.78 is 20.3. The molecule has 7 rings (SSSR count). The van der Waals surface area contributed by atoms with Crippen molar-refractivity contribution in [1.82, 2.24) is 24.1 Å². The summed E-state index contributed by atoms with van der Waals surface area (Å²) in [6.07, 6.45) is 3.56. The summed E-state index contributed by atoms with van der Waals surface area (Å²) in [5.74, 6) is 1.32. The van der Waals surface area contributed by atoms with Crippen molar-refractivity contribution in [3.63, 3.8) is 0 Å². The third-order valence-corrected chi connectivity index (χ3v) is 6.27. The van der Waals surface area contributed by atoms with Crippen molar-refractivity contribution in [2.75, 3.05) is 13.4 Å². The zero-order chi connectivity index (χ0) is 21.9. The molecule has 33 heavy (non-hydrogen) atoms. The third-order valence-electron chi connectivity index (χ3n) is 6.27. The molecule has 0 bridgehead atoms. The van der Waals surface area contributed by atoms with Gasteiger partial charge in [0.1, 0.15) is 17.2 Å². The third kappa shape index (κ3) is 2.82. The molecular formula is C24H19N5O4. The Labute approximate surface area is 187 Å². The molecule has 0 N–H and O–H groups in total. The Bertz CT molecular complexity index is 1620. The van der Waals surface area contributed by atoms with E-state index in [2.05, 4.69) is 0 Å². The van der Waals surface area contributed by atoms with Crippen LogP contribution in [0.3, 0.4) is 0 Å². The number of aromatic nitrogens is 5. The van der Waals surface area contributed by atoms with Crippen LogP contribution in [-0.2, 0) is 11.3 Å². The Balaban J connectivity index is 1.54. The summed E-state index contributed by atoms with van der Waals surface area (Å²) in [4.78, 5) is 28.0. The lowest BCUT2D eigenvalue weighted by Gasteiger charge is -2.11. The molecule has 0 saturated carbocycles. The number of ether oxygens (including phenoxy) is 3. The molecule has 1 saturated heterocycles. The molecule has 2 aromatic carbocycles. The molecule has 5 heterocycles. The molecule has 1 atom stereocenters. The Morgan fingerprint density at radius 3 is 2.70 bits per heavy atom. The van der Waals surface area contributed by atoms with Crippen molar-refractivity contribution < 1.29 is 14.2 Å². The van der Waals surface area contributed by atoms with Crippen LogP contribution in [-0.4, -0.2) is 43.6 Å². The lowest BCUT2D eigenvalue weighted by atomic mass is 10.2. The number of benzene rings is 2. The number of fused-ring (bicyclic) bond motifs is 5. The lowest BCUT2D eigenvalue weighted by molar-refractivity contribution is 0.0960. The average molecular weight is 441 g/mol. The summed E-state index contributed by atoms with van der Waals surface area (Å²) >= 11 is 0. The Morgan fingerprint density at radius 2 is 1.85 bits per heavy atom. The zero-order valence-corrected chi connectivity index (χ0v) is 17.6. The fourth-order valence-electron chi connectivity index (χ4n) is 4.68. The molecule has 3 aromatic heterocycles. The number of hydrogen-bond donors (Lipinski definition) is 0. The molecule has 164 valence electrons. The van der Waals surface area contributed by atoms with E-state index in [1.807, 2.05) is 47.0 Å². The highest BCUT2D eigenvalue weighted by Crippen LogP contribution is 2.36. The minimum atomic E-state index is -0.149. The van der Waals surface area contributed by atoms with E-state index in [0.29, 0.717) is 40.2 Å². The molecule has 0 spiro atoms. The molecule has 2 aliphatic heterocycles. The lowest BCUT2D eigenvalue weighted by Crippen LogP contribution is -2.26. The van der Waals surface area contributed by atoms with Crippen molar-refractivity contribution in [3.05, 3.63) is 59.1 Å². The summed E-state index contributed by atoms with van der Waals surface area (Å²) in [5, 5.41) is 0.446. The number of hydrogen-bond acceptors (Lipinski definition) is 7. The van der Waals surface area contributed by atoms with Crippen LogP contribution in [0.2, 0.25) is 0 Å². The van der Waals surface area contributed by atoms with Crippen molar-refractivity contribution in [2.45, 2.75) is 25.5 Å². The van der Waals surface area contributed by atoms with Gasteiger partial charge in [-0.2, -0.15) is 0 Å². The Morgan fingerprint density at radius 1 is 1.00 bits per heavy atom. The minimum Gasteiger partial charge on any atom is -0.454 e. The largest absolute Gasteiger partial charge is 0.454 e. The minimum absolute atomic E-state index is 0.0241. The van der Waals surface area contributed by atoms with Gasteiger partial charge in [-0.1, -0.05) is 12.1 Å². The van der Waals surface area contributed by atoms with E-state index in [-0.39, 0.29) is 18.5 Å². The summed E-state index contributed by atoms with van der Waals surface area (Å²) in [5.41, 5.74) is 3.70. The summed E-state index contributed by atoms with van der Waals surface area (Å²) in [6.45, 7) is 1.39. The SMILES string of the molecule is O=c1c2c3nc4ccccc4nc3n(-c3ccc4c(c3)OCO4)c2ncn1C[C@H]1CCCO1. The number of nitrogens with zero attached hydrogens (tertiary/aromatic N) is 5.